The van der Waals surface area contributed by atoms with E-state index in [1.54, 1.807) is 7.05 Å². The van der Waals surface area contributed by atoms with Gasteiger partial charge in [0, 0.05) is 6.04 Å². The highest BCUT2D eigenvalue weighted by Crippen LogP contribution is 2.14. The minimum absolute atomic E-state index is 0.0243. The molecule has 82 valence electrons. The van der Waals surface area contributed by atoms with E-state index in [0.717, 1.165) is 25.7 Å². The zero-order valence-corrected chi connectivity index (χ0v) is 8.65. The van der Waals surface area contributed by atoms with Gasteiger partial charge in [-0.3, -0.25) is 5.32 Å². The van der Waals surface area contributed by atoms with Crippen LogP contribution in [0.15, 0.2) is 12.2 Å². The van der Waals surface area contributed by atoms with Gasteiger partial charge in [0.15, 0.2) is 0 Å². The van der Waals surface area contributed by atoms with Gasteiger partial charge in [-0.15, -0.1) is 0 Å². The molecule has 0 spiro atoms. The van der Waals surface area contributed by atoms with Crippen molar-refractivity contribution in [2.45, 2.75) is 44.2 Å². The van der Waals surface area contributed by atoms with Crippen molar-refractivity contribution in [3.63, 3.8) is 0 Å². The lowest BCUT2D eigenvalue weighted by atomic mass is 10.0. The second-order valence-electron chi connectivity index (χ2n) is 3.66. The number of nitrogens with one attached hydrogen (secondary N) is 1. The third-order valence-electron chi connectivity index (χ3n) is 2.43. The number of rotatable bonds is 3. The minimum atomic E-state index is -0.889. The molecule has 0 aromatic heterocycles. The molecular weight excluding hydrogens is 180 g/mol. The number of ether oxygens (including phenoxy) is 1. The smallest absolute Gasteiger partial charge is 0.213 e. The first kappa shape index (κ1) is 11.7. The second-order valence-corrected chi connectivity index (χ2v) is 3.66. The van der Waals surface area contributed by atoms with Gasteiger partial charge in [-0.2, -0.15) is 0 Å². The number of aliphatic hydroxyl groups excluding tert-OH is 1. The van der Waals surface area contributed by atoms with E-state index in [1.165, 1.54) is 0 Å². The Balaban J connectivity index is 2.38. The molecule has 0 radical (unpaired) electrons. The van der Waals surface area contributed by atoms with Gasteiger partial charge in [0.05, 0.1) is 6.10 Å². The zero-order valence-electron chi connectivity index (χ0n) is 8.65. The normalized spacial score (nSPS) is 33.1. The molecule has 0 fully saturated rings. The third kappa shape index (κ3) is 4.19. The molecule has 0 amide bonds. The van der Waals surface area contributed by atoms with E-state index in [1.807, 2.05) is 6.08 Å². The first-order valence-electron chi connectivity index (χ1n) is 5.15. The van der Waals surface area contributed by atoms with Gasteiger partial charge >= 0.3 is 0 Å². The van der Waals surface area contributed by atoms with Crippen molar-refractivity contribution in [3.8, 4) is 0 Å². The topological polar surface area (TPSA) is 67.5 Å². The van der Waals surface area contributed by atoms with E-state index in [-0.39, 0.29) is 12.1 Å². The van der Waals surface area contributed by atoms with Gasteiger partial charge in [-0.1, -0.05) is 12.2 Å². The van der Waals surface area contributed by atoms with Crippen LogP contribution in [0.5, 0.6) is 0 Å². The molecule has 1 rings (SSSR count). The summed E-state index contributed by atoms with van der Waals surface area (Å²) in [5.74, 6) is 0. The van der Waals surface area contributed by atoms with E-state index in [2.05, 4.69) is 11.4 Å². The minimum Gasteiger partial charge on any atom is -0.356 e. The van der Waals surface area contributed by atoms with Crippen LogP contribution in [-0.4, -0.2) is 30.7 Å². The standard InChI is InChI=1S/C10H20N2O2/c1-12-10(13)14-9-5-3-2-4-8(11)6-7-9/h3,5,8-10,12-13H,2,4,6-7,11H2,1H3/b5-3+. The number of hydrogen-bond acceptors (Lipinski definition) is 4. The lowest BCUT2D eigenvalue weighted by Gasteiger charge is -2.21. The maximum atomic E-state index is 9.24. The molecule has 0 aromatic carbocycles. The van der Waals surface area contributed by atoms with E-state index in [9.17, 15) is 5.11 Å². The average molecular weight is 200 g/mol. The maximum Gasteiger partial charge on any atom is 0.213 e. The van der Waals surface area contributed by atoms with Crippen LogP contribution >= 0.6 is 0 Å². The molecule has 3 unspecified atom stereocenters. The van der Waals surface area contributed by atoms with Crippen LogP contribution in [0, 0.1) is 0 Å². The van der Waals surface area contributed by atoms with Crippen LogP contribution in [0.25, 0.3) is 0 Å². The fourth-order valence-corrected chi connectivity index (χ4v) is 1.52. The molecule has 1 aliphatic carbocycles. The van der Waals surface area contributed by atoms with Crippen molar-refractivity contribution in [2.24, 2.45) is 5.73 Å². The fourth-order valence-electron chi connectivity index (χ4n) is 1.52. The lowest BCUT2D eigenvalue weighted by molar-refractivity contribution is -0.139. The molecule has 1 aliphatic rings. The summed E-state index contributed by atoms with van der Waals surface area (Å²) in [6, 6.07) is 0.262. The van der Waals surface area contributed by atoms with Gasteiger partial charge in [0.25, 0.3) is 0 Å². The van der Waals surface area contributed by atoms with Crippen molar-refractivity contribution in [1.29, 1.82) is 0 Å². The van der Waals surface area contributed by atoms with E-state index < -0.39 is 6.41 Å². The summed E-state index contributed by atoms with van der Waals surface area (Å²) in [6.07, 6.45) is 7.03. The Morgan fingerprint density at radius 2 is 2.29 bits per heavy atom. The van der Waals surface area contributed by atoms with Gasteiger partial charge < -0.3 is 15.6 Å². The highest BCUT2D eigenvalue weighted by Gasteiger charge is 2.14. The average Bonchev–Trinajstić information content (AvgIpc) is 2.16. The Morgan fingerprint density at radius 3 is 3.00 bits per heavy atom. The number of aliphatic hydroxyl groups is 1. The summed E-state index contributed by atoms with van der Waals surface area (Å²) >= 11 is 0. The highest BCUT2D eigenvalue weighted by atomic mass is 16.6. The monoisotopic (exact) mass is 200 g/mol. The summed E-state index contributed by atoms with van der Waals surface area (Å²) in [5.41, 5.74) is 5.86. The summed E-state index contributed by atoms with van der Waals surface area (Å²) in [7, 11) is 1.66. The molecular formula is C10H20N2O2. The number of allylic oxidation sites excluding steroid dienone is 1. The molecule has 4 heteroatoms. The molecule has 0 heterocycles. The predicted octanol–water partition coefficient (Wildman–Crippen LogP) is 0.324. The Labute approximate surface area is 85.1 Å². The zero-order chi connectivity index (χ0) is 10.4. The SMILES string of the molecule is CNC(O)OC1/C=C/CCC(N)CC1. The molecule has 0 aliphatic heterocycles. The highest BCUT2D eigenvalue weighted by molar-refractivity contribution is 4.93. The van der Waals surface area contributed by atoms with Gasteiger partial charge in [-0.05, 0) is 32.7 Å². The van der Waals surface area contributed by atoms with Crippen LogP contribution in [0.1, 0.15) is 25.7 Å². The van der Waals surface area contributed by atoms with Crippen LogP contribution in [0.3, 0.4) is 0 Å². The largest absolute Gasteiger partial charge is 0.356 e. The third-order valence-corrected chi connectivity index (χ3v) is 2.43. The van der Waals surface area contributed by atoms with Crippen LogP contribution < -0.4 is 11.1 Å². The van der Waals surface area contributed by atoms with E-state index in [0.29, 0.717) is 0 Å². The van der Waals surface area contributed by atoms with Crippen LogP contribution in [0.4, 0.5) is 0 Å². The Morgan fingerprint density at radius 1 is 1.50 bits per heavy atom. The van der Waals surface area contributed by atoms with E-state index >= 15 is 0 Å². The molecule has 0 aromatic rings. The molecule has 0 saturated heterocycles. The van der Waals surface area contributed by atoms with Crippen molar-refractivity contribution < 1.29 is 9.84 Å². The van der Waals surface area contributed by atoms with Gasteiger partial charge in [-0.25, -0.2) is 0 Å². The van der Waals surface area contributed by atoms with Crippen molar-refractivity contribution in [1.82, 2.24) is 5.32 Å². The molecule has 14 heavy (non-hydrogen) atoms. The van der Waals surface area contributed by atoms with Crippen molar-refractivity contribution in [2.75, 3.05) is 7.05 Å². The summed E-state index contributed by atoms with van der Waals surface area (Å²) in [6.45, 7) is 0. The van der Waals surface area contributed by atoms with Crippen molar-refractivity contribution in [3.05, 3.63) is 12.2 Å². The molecule has 0 bridgehead atoms. The summed E-state index contributed by atoms with van der Waals surface area (Å²) in [5, 5.41) is 11.9. The van der Waals surface area contributed by atoms with Crippen molar-refractivity contribution >= 4 is 0 Å². The lowest BCUT2D eigenvalue weighted by Crippen LogP contribution is -2.33. The summed E-state index contributed by atoms with van der Waals surface area (Å²) in [4.78, 5) is 0. The predicted molar refractivity (Wildman–Crippen MR) is 55.5 cm³/mol. The van der Waals surface area contributed by atoms with Gasteiger partial charge in [0.1, 0.15) is 0 Å². The van der Waals surface area contributed by atoms with Crippen LogP contribution in [-0.2, 0) is 4.74 Å². The second kappa shape index (κ2) is 6.14. The van der Waals surface area contributed by atoms with Crippen LogP contribution in [0.2, 0.25) is 0 Å². The summed E-state index contributed by atoms with van der Waals surface area (Å²) < 4.78 is 5.33. The quantitative estimate of drug-likeness (QED) is 0.453. The Hall–Kier alpha value is -0.420. The molecule has 4 N–H and O–H groups in total. The first-order chi connectivity index (χ1) is 6.72. The number of hydrogen-bond donors (Lipinski definition) is 3. The molecule has 3 atom stereocenters. The van der Waals surface area contributed by atoms with Gasteiger partial charge in [0.2, 0.25) is 6.41 Å². The fraction of sp³-hybridized carbons (Fsp3) is 0.800. The first-order valence-corrected chi connectivity index (χ1v) is 5.15. The Bertz CT molecular complexity index is 185. The van der Waals surface area contributed by atoms with E-state index in [4.69, 9.17) is 10.5 Å². The number of nitrogens with two attached hydrogens (primary N) is 1. The Kier molecular flexibility index (Phi) is 5.11. The maximum absolute atomic E-state index is 9.24. The molecule has 4 nitrogen and oxygen atoms in total. The molecule has 0 saturated carbocycles.